The fourth-order valence-electron chi connectivity index (χ4n) is 10.9. The molecule has 2 saturated heterocycles. The normalized spacial score (nSPS) is 22.7. The van der Waals surface area contributed by atoms with Gasteiger partial charge in [-0.2, -0.15) is 0 Å². The first kappa shape index (κ1) is 41.3. The molecule has 2 aliphatic heterocycles. The predicted octanol–water partition coefficient (Wildman–Crippen LogP) is 7.61. The number of aromatic nitrogens is 5. The molecule has 2 aliphatic carbocycles. The van der Waals surface area contributed by atoms with E-state index in [1.807, 2.05) is 13.0 Å². The van der Waals surface area contributed by atoms with Crippen LogP contribution in [-0.4, -0.2) is 87.1 Å². The Bertz CT molecular complexity index is 2800. The van der Waals surface area contributed by atoms with Crippen LogP contribution in [-0.2, 0) is 10.0 Å². The lowest BCUT2D eigenvalue weighted by atomic mass is 9.60. The minimum absolute atomic E-state index is 0.0630. The van der Waals surface area contributed by atoms with E-state index in [0.29, 0.717) is 71.2 Å². The molecule has 1 atom stereocenters. The number of hydrogen-bond donors (Lipinski definition) is 6. The molecule has 0 radical (unpaired) electrons. The minimum Gasteiger partial charge on any atom is -0.455 e. The Hall–Kier alpha value is -5.71. The Labute approximate surface area is 367 Å². The number of amides is 1. The van der Waals surface area contributed by atoms with E-state index < -0.39 is 21.5 Å². The number of ether oxygens (including phenoxy) is 1. The highest BCUT2D eigenvalue weighted by molar-refractivity contribution is 7.90. The number of nitrogens with two attached hydrogens (primary N) is 1. The van der Waals surface area contributed by atoms with Gasteiger partial charge in [0.15, 0.2) is 0 Å². The van der Waals surface area contributed by atoms with E-state index in [4.69, 9.17) is 15.5 Å². The lowest BCUT2D eigenvalue weighted by Gasteiger charge is -2.56. The third-order valence-electron chi connectivity index (χ3n) is 14.2. The quantitative estimate of drug-likeness (QED) is 0.0657. The number of anilines is 3. The molecule has 0 bridgehead atoms. The van der Waals surface area contributed by atoms with Crippen LogP contribution in [0.2, 0.25) is 0 Å². The molecule has 4 aliphatic rings. The molecule has 2 aromatic carbocycles. The molecule has 63 heavy (non-hydrogen) atoms. The Morgan fingerprint density at radius 1 is 1.02 bits per heavy atom. The molecule has 6 heterocycles. The molecule has 1 spiro atoms. The summed E-state index contributed by atoms with van der Waals surface area (Å²) in [7, 11) is -4.51. The number of nitrogens with zero attached hydrogens (tertiary/aromatic N) is 5. The zero-order valence-electron chi connectivity index (χ0n) is 36.0. The Balaban J connectivity index is 0.860. The van der Waals surface area contributed by atoms with Crippen LogP contribution in [0.3, 0.4) is 0 Å². The molecule has 4 fully saturated rings. The number of H-pyrrole nitrogens is 2. The lowest BCUT2D eigenvalue weighted by molar-refractivity contribution is -0.0523. The molecule has 7 N–H and O–H groups in total. The minimum atomic E-state index is -4.51. The van der Waals surface area contributed by atoms with Crippen LogP contribution in [0.5, 0.6) is 11.5 Å². The van der Waals surface area contributed by atoms with E-state index in [9.17, 15) is 18.3 Å². The van der Waals surface area contributed by atoms with Gasteiger partial charge in [0.05, 0.1) is 35.0 Å². The second kappa shape index (κ2) is 15.8. The van der Waals surface area contributed by atoms with E-state index in [1.54, 1.807) is 24.5 Å². The average molecular weight is 873 g/mol. The standard InChI is InChI=1S/C47H56N10O5S/c1-28(2)33-7-4-5-8-34(33)37-9-6-14-57(37)31-22-47(23-31)11-15-56(16-12-47)40-19-38(62-32-17-30-10-13-49-44(30)52-25-32)35(26-50-40)45(58)55-63(60,61)39-18-36(48)41(43-42(39)53-27-54-43)51-24-29-20-46(3,59)21-29/h4-5,7-8,10,13,17-19,25-29,31,37,51,59H,6,9,11-12,14-16,20-24,48H2,1-3H3,(H,49,52)(H,53,54)(H,55,58)/t29-,37-,46+/m0/s1. The number of imidazole rings is 1. The molecule has 330 valence electrons. The third kappa shape index (κ3) is 7.86. The van der Waals surface area contributed by atoms with Crippen molar-refractivity contribution in [2.24, 2.45) is 11.3 Å². The monoisotopic (exact) mass is 872 g/mol. The van der Waals surface area contributed by atoms with Crippen LogP contribution < -0.4 is 25.4 Å². The second-order valence-electron chi connectivity index (χ2n) is 19.0. The highest BCUT2D eigenvalue weighted by Gasteiger charge is 2.50. The van der Waals surface area contributed by atoms with Gasteiger partial charge < -0.3 is 35.8 Å². The largest absolute Gasteiger partial charge is 0.455 e. The number of benzene rings is 2. The zero-order valence-corrected chi connectivity index (χ0v) is 36.8. The van der Waals surface area contributed by atoms with Crippen LogP contribution in [0.15, 0.2) is 78.3 Å². The van der Waals surface area contributed by atoms with Crippen molar-refractivity contribution in [1.29, 1.82) is 0 Å². The van der Waals surface area contributed by atoms with Gasteiger partial charge in [-0.05, 0) is 111 Å². The first-order valence-electron chi connectivity index (χ1n) is 22.2. The number of hydrogen-bond acceptors (Lipinski definition) is 12. The van der Waals surface area contributed by atoms with Crippen molar-refractivity contribution in [2.75, 3.05) is 42.1 Å². The van der Waals surface area contributed by atoms with Crippen LogP contribution in [0, 0.1) is 11.3 Å². The summed E-state index contributed by atoms with van der Waals surface area (Å²) < 4.78 is 36.7. The number of aromatic amines is 2. The summed E-state index contributed by atoms with van der Waals surface area (Å²) >= 11 is 0. The summed E-state index contributed by atoms with van der Waals surface area (Å²) in [4.78, 5) is 38.4. The van der Waals surface area contributed by atoms with Crippen LogP contribution >= 0.6 is 0 Å². The van der Waals surface area contributed by atoms with E-state index >= 15 is 0 Å². The molecule has 10 rings (SSSR count). The average Bonchev–Trinajstić information content (AvgIpc) is 4.03. The van der Waals surface area contributed by atoms with Gasteiger partial charge in [0.2, 0.25) is 0 Å². The maximum atomic E-state index is 14.1. The van der Waals surface area contributed by atoms with Crippen molar-refractivity contribution < 1.29 is 23.1 Å². The highest BCUT2D eigenvalue weighted by Crippen LogP contribution is 2.54. The van der Waals surface area contributed by atoms with Crippen molar-refractivity contribution in [2.45, 2.75) is 101 Å². The number of pyridine rings is 2. The summed E-state index contributed by atoms with van der Waals surface area (Å²) in [6.45, 7) is 9.71. The van der Waals surface area contributed by atoms with Crippen molar-refractivity contribution in [3.63, 3.8) is 0 Å². The van der Waals surface area contributed by atoms with Crippen molar-refractivity contribution in [1.82, 2.24) is 34.5 Å². The number of fused-ring (bicyclic) bond motifs is 2. The van der Waals surface area contributed by atoms with Crippen LogP contribution in [0.1, 0.15) is 106 Å². The number of sulfonamides is 1. The van der Waals surface area contributed by atoms with Gasteiger partial charge in [0, 0.05) is 55.6 Å². The van der Waals surface area contributed by atoms with Gasteiger partial charge in [-0.25, -0.2) is 28.1 Å². The fourth-order valence-corrected chi connectivity index (χ4v) is 12.1. The lowest BCUT2D eigenvalue weighted by Crippen LogP contribution is -2.55. The Kier molecular flexibility index (Phi) is 10.4. The van der Waals surface area contributed by atoms with Crippen molar-refractivity contribution in [3.05, 3.63) is 90.1 Å². The second-order valence-corrected chi connectivity index (χ2v) is 20.7. The first-order chi connectivity index (χ1) is 30.2. The third-order valence-corrected chi connectivity index (χ3v) is 15.5. The number of carbonyl (C=O) groups is 1. The number of rotatable bonds is 12. The van der Waals surface area contributed by atoms with E-state index in [0.717, 1.165) is 37.9 Å². The van der Waals surface area contributed by atoms with E-state index in [-0.39, 0.29) is 33.3 Å². The number of carbonyl (C=O) groups excluding carboxylic acids is 1. The predicted molar refractivity (Wildman–Crippen MR) is 244 cm³/mol. The van der Waals surface area contributed by atoms with Gasteiger partial charge in [0.25, 0.3) is 15.9 Å². The molecular weight excluding hydrogens is 817 g/mol. The molecule has 2 saturated carbocycles. The van der Waals surface area contributed by atoms with E-state index in [1.165, 1.54) is 55.4 Å². The number of nitrogens with one attached hydrogen (secondary N) is 4. The highest BCUT2D eigenvalue weighted by atomic mass is 32.2. The Morgan fingerprint density at radius 3 is 2.59 bits per heavy atom. The summed E-state index contributed by atoms with van der Waals surface area (Å²) in [6, 6.07) is 16.8. The topological polar surface area (TPSA) is 207 Å². The van der Waals surface area contributed by atoms with Gasteiger partial charge in [-0.15, -0.1) is 0 Å². The summed E-state index contributed by atoms with van der Waals surface area (Å²) in [6.07, 6.45) is 14.3. The van der Waals surface area contributed by atoms with Gasteiger partial charge in [-0.1, -0.05) is 38.1 Å². The maximum Gasteiger partial charge on any atom is 0.270 e. The Morgan fingerprint density at radius 2 is 1.81 bits per heavy atom. The summed E-state index contributed by atoms with van der Waals surface area (Å²) in [5, 5.41) is 14.3. The SMILES string of the molecule is CC(C)c1ccccc1[C@@H]1CCCN1C1CC2(CCN(c3cc(Oc4cnc5[nH]ccc5c4)c(C(=O)NS(=O)(=O)c4cc(N)c(NC[C@H]5C[C@@](C)(O)C5)c5[nH]cnc45)cn3)CC2)C1. The van der Waals surface area contributed by atoms with Crippen molar-refractivity contribution in [3.8, 4) is 11.5 Å². The summed E-state index contributed by atoms with van der Waals surface area (Å²) in [5.41, 5.74) is 10.8. The van der Waals surface area contributed by atoms with Gasteiger partial charge >= 0.3 is 0 Å². The fraction of sp³-hybridized carbons (Fsp3) is 0.447. The molecule has 6 aromatic rings. The smallest absolute Gasteiger partial charge is 0.270 e. The number of likely N-dealkylation sites (tertiary alicyclic amines) is 1. The first-order valence-corrected chi connectivity index (χ1v) is 23.7. The molecule has 16 heteroatoms. The van der Waals surface area contributed by atoms with Gasteiger partial charge in [-0.3, -0.25) is 9.69 Å². The number of aliphatic hydroxyl groups is 1. The zero-order chi connectivity index (χ0) is 43.7. The maximum absolute atomic E-state index is 14.1. The molecular formula is C47H56N10O5S. The molecule has 4 aromatic heterocycles. The molecule has 15 nitrogen and oxygen atoms in total. The van der Waals surface area contributed by atoms with E-state index in [2.05, 4.69) is 77.9 Å². The van der Waals surface area contributed by atoms with Crippen molar-refractivity contribution >= 4 is 55.2 Å². The van der Waals surface area contributed by atoms with Crippen LogP contribution in [0.25, 0.3) is 22.1 Å². The molecule has 1 amide bonds. The van der Waals surface area contributed by atoms with Crippen LogP contribution in [0.4, 0.5) is 17.2 Å². The number of nitrogen functional groups attached to an aromatic ring is 1. The number of piperidine rings is 1. The summed E-state index contributed by atoms with van der Waals surface area (Å²) in [5.74, 6) is 0.996. The molecule has 0 unspecified atom stereocenters. The van der Waals surface area contributed by atoms with Gasteiger partial charge in [0.1, 0.15) is 38.9 Å².